The summed E-state index contributed by atoms with van der Waals surface area (Å²) >= 11 is 0. The third-order valence-corrected chi connectivity index (χ3v) is 2.98. The van der Waals surface area contributed by atoms with Gasteiger partial charge < -0.3 is 9.14 Å². The molecule has 0 N–H and O–H groups in total. The summed E-state index contributed by atoms with van der Waals surface area (Å²) in [4.78, 5) is 4.36. The van der Waals surface area contributed by atoms with E-state index in [1.165, 1.54) is 0 Å². The predicted molar refractivity (Wildman–Crippen MR) is 74.7 cm³/mol. The maximum absolute atomic E-state index is 5.86. The van der Waals surface area contributed by atoms with Crippen molar-refractivity contribution in [3.05, 3.63) is 36.7 Å². The number of benzene rings is 2. The Morgan fingerprint density at radius 2 is 2.05 bits per heavy atom. The summed E-state index contributed by atoms with van der Waals surface area (Å²) in [5, 5.41) is 2.24. The smallest absolute Gasteiger partial charge is 0.103 e. The van der Waals surface area contributed by atoms with Crippen molar-refractivity contribution in [1.29, 1.82) is 0 Å². The molecular weight excluding hydrogens is 310 g/mol. The van der Waals surface area contributed by atoms with Crippen molar-refractivity contribution in [2.45, 2.75) is 0 Å². The first-order chi connectivity index (χ1) is 8.18. The molecule has 0 aliphatic rings. The number of hydrogen-bond acceptors (Lipinski definition) is 1. The van der Waals surface area contributed by atoms with E-state index in [0.717, 1.165) is 27.5 Å². The zero-order chi connectivity index (χ0) is 12.0. The quantitative estimate of drug-likeness (QED) is 0.291. The number of rotatable bonds is 1. The van der Waals surface area contributed by atoms with Crippen LogP contribution in [0.1, 0.15) is 0 Å². The van der Waals surface area contributed by atoms with Crippen LogP contribution in [0.25, 0.3) is 21.8 Å². The van der Waals surface area contributed by atoms with Gasteiger partial charge in [0.05, 0.1) is 11.8 Å². The molecule has 90 valence electrons. The molecule has 0 unspecified atom stereocenters. The van der Waals surface area contributed by atoms with Gasteiger partial charge in [-0.1, -0.05) is 6.07 Å². The molecule has 3 nitrogen and oxygen atoms in total. The Kier molecular flexibility index (Phi) is 5.05. The van der Waals surface area contributed by atoms with Crippen molar-refractivity contribution in [3.8, 4) is 0 Å². The van der Waals surface area contributed by atoms with Gasteiger partial charge in [-0.05, 0) is 11.8 Å². The number of nitrogens with zero attached hydrogens (tertiary/aromatic N) is 3. The largest absolute Gasteiger partial charge is 0.390 e. The summed E-state index contributed by atoms with van der Waals surface area (Å²) in [5.74, 6) is 0. The summed E-state index contributed by atoms with van der Waals surface area (Å²) in [7, 11) is 3.81. The maximum Gasteiger partial charge on any atom is 0.103 e. The van der Waals surface area contributed by atoms with Crippen LogP contribution in [0.15, 0.2) is 30.6 Å². The Hall–Kier alpha value is -0.991. The molecule has 0 aliphatic carbocycles. The Balaban J connectivity index is 0.000000902. The zero-order valence-electron chi connectivity index (χ0n) is 11.0. The third kappa shape index (κ3) is 2.52. The minimum atomic E-state index is 0. The van der Waals surface area contributed by atoms with Crippen LogP contribution in [0, 0.1) is 6.07 Å². The fourth-order valence-corrected chi connectivity index (χ4v) is 2.21. The molecule has 1 aromatic heterocycles. The van der Waals surface area contributed by atoms with Gasteiger partial charge in [-0.2, -0.15) is 12.1 Å². The third-order valence-electron chi connectivity index (χ3n) is 2.98. The molecular formula is C14H12BN3Y-. The van der Waals surface area contributed by atoms with Gasteiger partial charge in [0.2, 0.25) is 0 Å². The molecule has 0 saturated heterocycles. The fraction of sp³-hybridized carbons (Fsp3) is 0.143. The van der Waals surface area contributed by atoms with Gasteiger partial charge >= 0.3 is 0 Å². The topological polar surface area (TPSA) is 20.8 Å². The number of hydrogen-bond donors (Lipinski definition) is 0. The summed E-state index contributed by atoms with van der Waals surface area (Å²) in [6.07, 6.45) is 1.82. The van der Waals surface area contributed by atoms with Gasteiger partial charge in [0.1, 0.15) is 7.05 Å². The van der Waals surface area contributed by atoms with Crippen LogP contribution >= 0.6 is 0 Å². The van der Waals surface area contributed by atoms with E-state index in [-0.39, 0.29) is 41.1 Å². The molecule has 1 heterocycles. The minimum absolute atomic E-state index is 0. The van der Waals surface area contributed by atoms with Crippen molar-refractivity contribution in [2.75, 3.05) is 7.05 Å². The summed E-state index contributed by atoms with van der Waals surface area (Å²) in [5.41, 5.74) is 2.95. The van der Waals surface area contributed by atoms with E-state index in [9.17, 15) is 0 Å². The number of fused-ring (bicyclic) bond motifs is 3. The molecule has 19 heavy (non-hydrogen) atoms. The van der Waals surface area contributed by atoms with Crippen LogP contribution in [-0.4, -0.2) is 36.3 Å². The Bertz CT molecular complexity index is 749. The molecule has 3 aromatic rings. The van der Waals surface area contributed by atoms with E-state index in [1.807, 2.05) is 43.2 Å². The van der Waals surface area contributed by atoms with Crippen LogP contribution in [0.5, 0.6) is 0 Å². The standard InChI is InChI=1S/C14H12N3.B.Y/c1-16(2)12-6-4-5-10-7-8-11-14(13(10)12)17(3)9-15-11;;/h1,4-5,7-9H,2-3H3;;/q-1;;. The van der Waals surface area contributed by atoms with E-state index in [0.29, 0.717) is 0 Å². The molecule has 0 spiro atoms. The van der Waals surface area contributed by atoms with Gasteiger partial charge in [-0.15, -0.1) is 10.8 Å². The fourth-order valence-electron chi connectivity index (χ4n) is 2.21. The Labute approximate surface area is 139 Å². The summed E-state index contributed by atoms with van der Waals surface area (Å²) < 4.78 is 3.60. The molecule has 2 aromatic carbocycles. The van der Waals surface area contributed by atoms with Crippen molar-refractivity contribution < 1.29 is 37.3 Å². The zero-order valence-corrected chi connectivity index (χ0v) is 13.8. The van der Waals surface area contributed by atoms with E-state index in [2.05, 4.69) is 17.1 Å². The molecule has 4 radical (unpaired) electrons. The SMILES string of the molecule is [B].[CH-]=[N+](C)c1[c-]ccc2ccc3ncn(C)c3c12.[Y]. The molecule has 3 rings (SSSR count). The number of imidazole rings is 1. The minimum Gasteiger partial charge on any atom is -0.390 e. The second kappa shape index (κ2) is 5.98. The van der Waals surface area contributed by atoms with E-state index >= 15 is 0 Å². The molecule has 0 aliphatic heterocycles. The van der Waals surface area contributed by atoms with Crippen LogP contribution in [0.2, 0.25) is 0 Å². The second-order valence-electron chi connectivity index (χ2n) is 4.19. The van der Waals surface area contributed by atoms with Gasteiger partial charge in [-0.25, -0.2) is 11.1 Å². The molecule has 0 amide bonds. The van der Waals surface area contributed by atoms with Crippen molar-refractivity contribution in [1.82, 2.24) is 9.55 Å². The van der Waals surface area contributed by atoms with Crippen LogP contribution < -0.4 is 0 Å². The molecule has 0 bridgehead atoms. The first-order valence-corrected chi connectivity index (χ1v) is 5.41. The van der Waals surface area contributed by atoms with Gasteiger partial charge in [-0.3, -0.25) is 0 Å². The maximum atomic E-state index is 5.86. The van der Waals surface area contributed by atoms with Gasteiger partial charge in [0, 0.05) is 60.4 Å². The average molecular weight is 322 g/mol. The molecule has 0 atom stereocenters. The predicted octanol–water partition coefficient (Wildman–Crippen LogP) is 1.99. The second-order valence-corrected chi connectivity index (χ2v) is 4.19. The monoisotopic (exact) mass is 322 g/mol. The van der Waals surface area contributed by atoms with Gasteiger partial charge in [0.15, 0.2) is 0 Å². The van der Waals surface area contributed by atoms with Gasteiger partial charge in [0.25, 0.3) is 0 Å². The van der Waals surface area contributed by atoms with Crippen LogP contribution in [0.3, 0.4) is 0 Å². The summed E-state index contributed by atoms with van der Waals surface area (Å²) in [6.45, 7) is 5.86. The number of aryl methyl sites for hydroxylation is 1. The normalized spacial score (nSPS) is 10.0. The van der Waals surface area contributed by atoms with E-state index in [4.69, 9.17) is 6.72 Å². The Morgan fingerprint density at radius 1 is 1.32 bits per heavy atom. The number of aromatic nitrogens is 2. The first-order valence-electron chi connectivity index (χ1n) is 5.41. The molecule has 0 saturated carbocycles. The van der Waals surface area contributed by atoms with Crippen LogP contribution in [0.4, 0.5) is 5.69 Å². The van der Waals surface area contributed by atoms with E-state index in [1.54, 1.807) is 4.58 Å². The van der Waals surface area contributed by atoms with Crippen LogP contribution in [-0.2, 0) is 39.8 Å². The average Bonchev–Trinajstić information content (AvgIpc) is 2.70. The molecule has 5 heteroatoms. The van der Waals surface area contributed by atoms with E-state index < -0.39 is 0 Å². The van der Waals surface area contributed by atoms with Crippen molar-refractivity contribution >= 4 is 42.6 Å². The summed E-state index contributed by atoms with van der Waals surface area (Å²) in [6, 6.07) is 11.2. The molecule has 0 fully saturated rings. The van der Waals surface area contributed by atoms with Crippen molar-refractivity contribution in [2.24, 2.45) is 7.05 Å². The Morgan fingerprint density at radius 3 is 2.74 bits per heavy atom. The first kappa shape index (κ1) is 16.1. The van der Waals surface area contributed by atoms with Crippen molar-refractivity contribution in [3.63, 3.8) is 0 Å².